The van der Waals surface area contributed by atoms with Gasteiger partial charge in [0.2, 0.25) is 11.8 Å². The number of carbonyl (C=O) groups is 3. The smallest absolute Gasteiger partial charge is 0.416 e. The van der Waals surface area contributed by atoms with Gasteiger partial charge in [-0.05, 0) is 75.5 Å². The quantitative estimate of drug-likeness (QED) is 0.269. The molecule has 10 heteroatoms. The minimum absolute atomic E-state index is 0.0161. The highest BCUT2D eigenvalue weighted by molar-refractivity contribution is 5.93. The summed E-state index contributed by atoms with van der Waals surface area (Å²) in [7, 11) is 0. The molecule has 1 heterocycles. The molecule has 2 aliphatic rings. The third-order valence-electron chi connectivity index (χ3n) is 8.48. The Morgan fingerprint density at radius 1 is 1.15 bits per heavy atom. The van der Waals surface area contributed by atoms with Gasteiger partial charge in [0.1, 0.15) is 5.54 Å². The van der Waals surface area contributed by atoms with E-state index < -0.39 is 28.9 Å². The molecular formula is C31H42F3N3O4. The van der Waals surface area contributed by atoms with Crippen LogP contribution in [0.1, 0.15) is 84.8 Å². The molecule has 1 aromatic rings. The molecule has 2 amide bonds. The fourth-order valence-corrected chi connectivity index (χ4v) is 5.90. The predicted molar refractivity (Wildman–Crippen MR) is 151 cm³/mol. The average Bonchev–Trinajstić information content (AvgIpc) is 3.08. The summed E-state index contributed by atoms with van der Waals surface area (Å²) in [6, 6.07) is 4.97. The Kier molecular flexibility index (Phi) is 9.47. The van der Waals surface area contributed by atoms with Crippen LogP contribution in [0.25, 0.3) is 0 Å². The van der Waals surface area contributed by atoms with Gasteiger partial charge in [-0.25, -0.2) is 0 Å². The molecule has 226 valence electrons. The van der Waals surface area contributed by atoms with Crippen LogP contribution in [-0.4, -0.2) is 46.5 Å². The number of hydrogen-bond acceptors (Lipinski definition) is 4. The van der Waals surface area contributed by atoms with Gasteiger partial charge < -0.3 is 15.3 Å². The van der Waals surface area contributed by atoms with Crippen molar-refractivity contribution in [3.63, 3.8) is 0 Å². The van der Waals surface area contributed by atoms with E-state index in [0.29, 0.717) is 24.3 Å². The Bertz CT molecular complexity index is 1220. The van der Waals surface area contributed by atoms with Crippen molar-refractivity contribution in [3.8, 4) is 0 Å². The van der Waals surface area contributed by atoms with E-state index in [9.17, 15) is 27.6 Å². The maximum Gasteiger partial charge on any atom is 0.416 e. The number of rotatable bonds is 8. The summed E-state index contributed by atoms with van der Waals surface area (Å²) in [5.41, 5.74) is -1.31. The van der Waals surface area contributed by atoms with E-state index in [4.69, 9.17) is 5.11 Å². The number of halogens is 3. The molecule has 0 aromatic heterocycles. The van der Waals surface area contributed by atoms with Crippen LogP contribution < -0.4 is 10.6 Å². The second-order valence-corrected chi connectivity index (χ2v) is 12.7. The minimum atomic E-state index is -4.53. The molecule has 3 rings (SSSR count). The number of carboxylic acid groups (broad SMARTS) is 1. The molecule has 1 aliphatic carbocycles. The van der Waals surface area contributed by atoms with E-state index in [0.717, 1.165) is 30.5 Å². The van der Waals surface area contributed by atoms with Crippen LogP contribution in [0.3, 0.4) is 0 Å². The lowest BCUT2D eigenvalue weighted by molar-refractivity contribution is -0.138. The van der Waals surface area contributed by atoms with Gasteiger partial charge in [0.25, 0.3) is 0 Å². The lowest BCUT2D eigenvalue weighted by Gasteiger charge is -2.46. The summed E-state index contributed by atoms with van der Waals surface area (Å²) in [5, 5.41) is 14.8. The fourth-order valence-electron chi connectivity index (χ4n) is 5.90. The highest BCUT2D eigenvalue weighted by Gasteiger charge is 2.58. The zero-order valence-corrected chi connectivity index (χ0v) is 24.7. The summed E-state index contributed by atoms with van der Waals surface area (Å²) < 4.78 is 40.7. The monoisotopic (exact) mass is 577 g/mol. The summed E-state index contributed by atoms with van der Waals surface area (Å²) in [6.45, 7) is 12.0. The molecule has 1 aliphatic heterocycles. The molecule has 3 N–H and O–H groups in total. The highest BCUT2D eigenvalue weighted by Crippen LogP contribution is 2.48. The molecule has 0 radical (unpaired) electrons. The third-order valence-corrected chi connectivity index (χ3v) is 8.48. The number of nitrogens with zero attached hydrogens (tertiary/aromatic N) is 1. The lowest BCUT2D eigenvalue weighted by atomic mass is 9.69. The maximum atomic E-state index is 14.1. The molecule has 1 unspecified atom stereocenters. The van der Waals surface area contributed by atoms with Gasteiger partial charge in [-0.15, -0.1) is 0 Å². The first kappa shape index (κ1) is 32.4. The van der Waals surface area contributed by atoms with E-state index in [1.54, 1.807) is 37.0 Å². The first-order valence-corrected chi connectivity index (χ1v) is 14.0. The summed E-state index contributed by atoms with van der Waals surface area (Å²) in [4.78, 5) is 38.9. The first-order valence-electron chi connectivity index (χ1n) is 14.0. The van der Waals surface area contributed by atoms with Crippen molar-refractivity contribution in [2.75, 3.05) is 13.1 Å². The van der Waals surface area contributed by atoms with Crippen LogP contribution in [0.5, 0.6) is 0 Å². The number of allylic oxidation sites excluding steroid dienone is 2. The van der Waals surface area contributed by atoms with Gasteiger partial charge >= 0.3 is 12.1 Å². The number of carbonyl (C=O) groups excluding carboxylic acids is 2. The minimum Gasteiger partial charge on any atom is -0.481 e. The van der Waals surface area contributed by atoms with Crippen molar-refractivity contribution in [3.05, 3.63) is 58.7 Å². The zero-order chi connectivity index (χ0) is 30.8. The van der Waals surface area contributed by atoms with E-state index >= 15 is 0 Å². The van der Waals surface area contributed by atoms with Gasteiger partial charge in [-0.2, -0.15) is 13.2 Å². The molecule has 2 fully saturated rings. The van der Waals surface area contributed by atoms with E-state index in [2.05, 4.69) is 31.4 Å². The Balaban J connectivity index is 1.91. The molecule has 1 aromatic carbocycles. The number of nitrogens with one attached hydrogen (secondary N) is 2. The van der Waals surface area contributed by atoms with Crippen molar-refractivity contribution in [1.29, 1.82) is 0 Å². The van der Waals surface area contributed by atoms with Gasteiger partial charge in [0.15, 0.2) is 0 Å². The standard InChI is InChI=1S/C31H42F3N3O4/c1-20(10-11-21(2)26(40)35-17-14-25(38)39)19-37-27(41)29(6,23-8-7-9-24(18-23)31(32,33)34)36-30(37)15-12-22(13-16-30)28(3,4)5/h7-11,18,22,36H,12-17,19H2,1-6H3,(H,35,40)(H,38,39). The summed E-state index contributed by atoms with van der Waals surface area (Å²) >= 11 is 0. The van der Waals surface area contributed by atoms with E-state index in [1.165, 1.54) is 6.07 Å². The first-order chi connectivity index (χ1) is 18.9. The molecule has 41 heavy (non-hydrogen) atoms. The normalized spacial score (nSPS) is 26.0. The largest absolute Gasteiger partial charge is 0.481 e. The molecule has 1 atom stereocenters. The topological polar surface area (TPSA) is 98.7 Å². The molecule has 1 spiro atoms. The summed E-state index contributed by atoms with van der Waals surface area (Å²) in [5.74, 6) is -1.22. The van der Waals surface area contributed by atoms with Gasteiger partial charge in [0.05, 0.1) is 17.6 Å². The number of alkyl halides is 3. The van der Waals surface area contributed by atoms with Crippen molar-refractivity contribution in [1.82, 2.24) is 15.5 Å². The maximum absolute atomic E-state index is 14.1. The Morgan fingerprint density at radius 2 is 1.78 bits per heavy atom. The van der Waals surface area contributed by atoms with E-state index in [-0.39, 0.29) is 42.3 Å². The number of aliphatic carboxylic acids is 1. The zero-order valence-electron chi connectivity index (χ0n) is 24.7. The Morgan fingerprint density at radius 3 is 2.34 bits per heavy atom. The Hall–Kier alpha value is -3.14. The number of amides is 2. The van der Waals surface area contributed by atoms with Crippen molar-refractivity contribution in [2.45, 2.75) is 91.0 Å². The second-order valence-electron chi connectivity index (χ2n) is 12.7. The van der Waals surface area contributed by atoms with Crippen LogP contribution in [-0.2, 0) is 26.1 Å². The number of carboxylic acids is 1. The highest BCUT2D eigenvalue weighted by atomic mass is 19.4. The van der Waals surface area contributed by atoms with Gasteiger partial charge in [0, 0.05) is 18.7 Å². The Labute approximate surface area is 240 Å². The fraction of sp³-hybridized carbons (Fsp3) is 0.581. The van der Waals surface area contributed by atoms with Gasteiger partial charge in [-0.1, -0.05) is 50.6 Å². The van der Waals surface area contributed by atoms with Crippen molar-refractivity contribution < 1.29 is 32.7 Å². The third kappa shape index (κ3) is 7.39. The molecule has 7 nitrogen and oxygen atoms in total. The van der Waals surface area contributed by atoms with Crippen LogP contribution in [0, 0.1) is 11.3 Å². The van der Waals surface area contributed by atoms with Crippen LogP contribution in [0.2, 0.25) is 0 Å². The number of hydrogen-bond donors (Lipinski definition) is 3. The van der Waals surface area contributed by atoms with Crippen LogP contribution in [0.15, 0.2) is 47.6 Å². The second kappa shape index (κ2) is 12.0. The van der Waals surface area contributed by atoms with Gasteiger partial charge in [-0.3, -0.25) is 19.7 Å². The van der Waals surface area contributed by atoms with Crippen LogP contribution in [0.4, 0.5) is 13.2 Å². The average molecular weight is 578 g/mol. The van der Waals surface area contributed by atoms with Crippen LogP contribution >= 0.6 is 0 Å². The molecule has 0 bridgehead atoms. The molecule has 1 saturated carbocycles. The van der Waals surface area contributed by atoms with E-state index in [1.807, 2.05) is 6.92 Å². The van der Waals surface area contributed by atoms with Crippen molar-refractivity contribution in [2.24, 2.45) is 11.3 Å². The molecular weight excluding hydrogens is 535 g/mol. The number of benzene rings is 1. The lowest BCUT2D eigenvalue weighted by Crippen LogP contribution is -2.56. The SMILES string of the molecule is CC(=CC=C(C)C(=O)NCCC(=O)O)CN1C(=O)C(C)(c2cccc(C(F)(F)F)c2)NC12CCC(C(C)(C)C)CC2. The molecule has 1 saturated heterocycles. The predicted octanol–water partition coefficient (Wildman–Crippen LogP) is 5.77. The summed E-state index contributed by atoms with van der Waals surface area (Å²) in [6.07, 6.45) is 1.74. The van der Waals surface area contributed by atoms with Crippen molar-refractivity contribution >= 4 is 17.8 Å².